The van der Waals surface area contributed by atoms with E-state index in [0.29, 0.717) is 0 Å². The van der Waals surface area contributed by atoms with Crippen molar-refractivity contribution in [3.8, 4) is 5.75 Å². The average Bonchev–Trinajstić information content (AvgIpc) is 2.15. The Hall–Kier alpha value is -1.51. The summed E-state index contributed by atoms with van der Waals surface area (Å²) in [5.74, 6) is 0.848. The first-order chi connectivity index (χ1) is 7.44. The van der Waals surface area contributed by atoms with E-state index in [9.17, 15) is 4.79 Å². The van der Waals surface area contributed by atoms with Crippen molar-refractivity contribution in [2.45, 2.75) is 32.7 Å². The third kappa shape index (κ3) is 3.57. The zero-order chi connectivity index (χ0) is 12.2. The van der Waals surface area contributed by atoms with Gasteiger partial charge in [-0.05, 0) is 31.9 Å². The maximum absolute atomic E-state index is 11.1. The van der Waals surface area contributed by atoms with E-state index >= 15 is 0 Å². The summed E-state index contributed by atoms with van der Waals surface area (Å²) >= 11 is 0. The summed E-state index contributed by atoms with van der Waals surface area (Å²) in [6.45, 7) is 5.53. The molecule has 0 bridgehead atoms. The summed E-state index contributed by atoms with van der Waals surface area (Å²) in [5, 5.41) is 2.92. The van der Waals surface area contributed by atoms with Gasteiger partial charge in [-0.15, -0.1) is 0 Å². The number of amides is 1. The third-order valence-electron chi connectivity index (χ3n) is 2.34. The van der Waals surface area contributed by atoms with Gasteiger partial charge in [0.25, 0.3) is 0 Å². The van der Waals surface area contributed by atoms with Crippen molar-refractivity contribution in [1.82, 2.24) is 5.32 Å². The van der Waals surface area contributed by atoms with Crippen LogP contribution in [0.5, 0.6) is 5.75 Å². The first-order valence-electron chi connectivity index (χ1n) is 5.35. The van der Waals surface area contributed by atoms with Crippen LogP contribution < -0.4 is 10.1 Å². The predicted molar refractivity (Wildman–Crippen MR) is 64.6 cm³/mol. The Kier molecular flexibility index (Phi) is 3.93. The molecule has 3 heteroatoms. The largest absolute Gasteiger partial charge is 0.496 e. The first-order valence-corrected chi connectivity index (χ1v) is 5.35. The summed E-state index contributed by atoms with van der Waals surface area (Å²) in [6.07, 6.45) is 0.747. The smallest absolute Gasteiger partial charge is 0.217 e. The van der Waals surface area contributed by atoms with Crippen LogP contribution in [0.3, 0.4) is 0 Å². The Morgan fingerprint density at radius 3 is 2.56 bits per heavy atom. The van der Waals surface area contributed by atoms with Gasteiger partial charge in [0.15, 0.2) is 0 Å². The van der Waals surface area contributed by atoms with E-state index in [4.69, 9.17) is 4.74 Å². The molecule has 1 rings (SSSR count). The Balaban J connectivity index is 2.82. The lowest BCUT2D eigenvalue weighted by atomic mass is 9.94. The first kappa shape index (κ1) is 12.6. The van der Waals surface area contributed by atoms with Gasteiger partial charge in [-0.1, -0.05) is 18.2 Å². The number of hydrogen-bond acceptors (Lipinski definition) is 2. The Morgan fingerprint density at radius 2 is 2.00 bits per heavy atom. The molecule has 0 radical (unpaired) electrons. The molecule has 1 aromatic carbocycles. The van der Waals surface area contributed by atoms with Gasteiger partial charge < -0.3 is 10.1 Å². The standard InChI is InChI=1S/C13H19NO2/c1-10(15)14-13(2,3)9-11-7-5-6-8-12(11)16-4/h5-8H,9H2,1-4H3,(H,14,15). The fourth-order valence-corrected chi connectivity index (χ4v) is 1.85. The highest BCUT2D eigenvalue weighted by atomic mass is 16.5. The van der Waals surface area contributed by atoms with E-state index < -0.39 is 0 Å². The second kappa shape index (κ2) is 5.01. The molecule has 0 aliphatic carbocycles. The lowest BCUT2D eigenvalue weighted by molar-refractivity contribution is -0.120. The minimum Gasteiger partial charge on any atom is -0.496 e. The van der Waals surface area contributed by atoms with Gasteiger partial charge in [0.2, 0.25) is 5.91 Å². The fourth-order valence-electron chi connectivity index (χ4n) is 1.85. The molecule has 88 valence electrons. The number of methoxy groups -OCH3 is 1. The normalized spacial score (nSPS) is 11.0. The summed E-state index contributed by atoms with van der Waals surface area (Å²) in [5.41, 5.74) is 0.837. The topological polar surface area (TPSA) is 38.3 Å². The number of benzene rings is 1. The van der Waals surface area contributed by atoms with E-state index in [-0.39, 0.29) is 11.4 Å². The fraction of sp³-hybridized carbons (Fsp3) is 0.462. The van der Waals surface area contributed by atoms with E-state index in [1.165, 1.54) is 6.92 Å². The molecule has 0 saturated carbocycles. The van der Waals surface area contributed by atoms with Crippen LogP contribution in [0.1, 0.15) is 26.3 Å². The molecule has 0 spiro atoms. The van der Waals surface area contributed by atoms with E-state index in [0.717, 1.165) is 17.7 Å². The number of ether oxygens (including phenoxy) is 1. The highest BCUT2D eigenvalue weighted by molar-refractivity contribution is 5.73. The minimum absolute atomic E-state index is 0.0140. The Labute approximate surface area is 96.8 Å². The molecule has 0 fully saturated rings. The number of para-hydroxylation sites is 1. The van der Waals surface area contributed by atoms with Gasteiger partial charge in [0.1, 0.15) is 5.75 Å². The maximum Gasteiger partial charge on any atom is 0.217 e. The monoisotopic (exact) mass is 221 g/mol. The summed E-state index contributed by atoms with van der Waals surface area (Å²) in [6, 6.07) is 7.86. The second-order valence-electron chi connectivity index (χ2n) is 4.55. The summed E-state index contributed by atoms with van der Waals surface area (Å²) < 4.78 is 5.28. The molecule has 1 N–H and O–H groups in total. The number of hydrogen-bond donors (Lipinski definition) is 1. The van der Waals surface area contributed by atoms with E-state index in [1.807, 2.05) is 38.1 Å². The van der Waals surface area contributed by atoms with Crippen LogP contribution in [-0.2, 0) is 11.2 Å². The van der Waals surface area contributed by atoms with Gasteiger partial charge in [0, 0.05) is 12.5 Å². The van der Waals surface area contributed by atoms with Gasteiger partial charge in [0.05, 0.1) is 7.11 Å². The number of carbonyl (C=O) groups is 1. The number of rotatable bonds is 4. The Bertz CT molecular complexity index is 372. The van der Waals surface area contributed by atoms with Crippen molar-refractivity contribution in [1.29, 1.82) is 0 Å². The molecular formula is C13H19NO2. The van der Waals surface area contributed by atoms with Crippen molar-refractivity contribution < 1.29 is 9.53 Å². The third-order valence-corrected chi connectivity index (χ3v) is 2.34. The lowest BCUT2D eigenvalue weighted by Gasteiger charge is -2.26. The highest BCUT2D eigenvalue weighted by Gasteiger charge is 2.20. The second-order valence-corrected chi connectivity index (χ2v) is 4.55. The van der Waals surface area contributed by atoms with Crippen LogP contribution in [0.15, 0.2) is 24.3 Å². The van der Waals surface area contributed by atoms with Gasteiger partial charge >= 0.3 is 0 Å². The lowest BCUT2D eigenvalue weighted by Crippen LogP contribution is -2.44. The van der Waals surface area contributed by atoms with E-state index in [2.05, 4.69) is 5.32 Å². The molecule has 0 aromatic heterocycles. The van der Waals surface area contributed by atoms with Crippen molar-refractivity contribution in [2.24, 2.45) is 0 Å². The molecule has 1 aromatic rings. The molecule has 0 heterocycles. The summed E-state index contributed by atoms with van der Waals surface area (Å²) in [4.78, 5) is 11.1. The van der Waals surface area contributed by atoms with Crippen LogP contribution in [0.4, 0.5) is 0 Å². The number of nitrogens with one attached hydrogen (secondary N) is 1. The maximum atomic E-state index is 11.1. The van der Waals surface area contributed by atoms with E-state index in [1.54, 1.807) is 7.11 Å². The number of carbonyl (C=O) groups excluding carboxylic acids is 1. The quantitative estimate of drug-likeness (QED) is 0.846. The van der Waals surface area contributed by atoms with Crippen LogP contribution >= 0.6 is 0 Å². The van der Waals surface area contributed by atoms with Crippen molar-refractivity contribution in [3.63, 3.8) is 0 Å². The zero-order valence-corrected chi connectivity index (χ0v) is 10.3. The highest BCUT2D eigenvalue weighted by Crippen LogP contribution is 2.22. The molecule has 0 aliphatic heterocycles. The van der Waals surface area contributed by atoms with Crippen LogP contribution in [0, 0.1) is 0 Å². The van der Waals surface area contributed by atoms with Crippen molar-refractivity contribution in [3.05, 3.63) is 29.8 Å². The molecule has 0 unspecified atom stereocenters. The Morgan fingerprint density at radius 1 is 1.38 bits per heavy atom. The zero-order valence-electron chi connectivity index (χ0n) is 10.3. The predicted octanol–water partition coefficient (Wildman–Crippen LogP) is 2.15. The molecule has 0 aliphatic rings. The van der Waals surface area contributed by atoms with Gasteiger partial charge in [-0.2, -0.15) is 0 Å². The molecule has 0 saturated heterocycles. The van der Waals surface area contributed by atoms with Crippen LogP contribution in [-0.4, -0.2) is 18.6 Å². The van der Waals surface area contributed by atoms with Gasteiger partial charge in [-0.3, -0.25) is 4.79 Å². The molecule has 3 nitrogen and oxygen atoms in total. The SMILES string of the molecule is COc1ccccc1CC(C)(C)NC(C)=O. The summed E-state index contributed by atoms with van der Waals surface area (Å²) in [7, 11) is 1.66. The van der Waals surface area contributed by atoms with Crippen molar-refractivity contribution in [2.75, 3.05) is 7.11 Å². The molecule has 1 amide bonds. The van der Waals surface area contributed by atoms with Crippen LogP contribution in [0.2, 0.25) is 0 Å². The van der Waals surface area contributed by atoms with Gasteiger partial charge in [-0.25, -0.2) is 0 Å². The molecule has 0 atom stereocenters. The average molecular weight is 221 g/mol. The minimum atomic E-state index is -0.263. The molecule has 16 heavy (non-hydrogen) atoms. The van der Waals surface area contributed by atoms with Crippen LogP contribution in [0.25, 0.3) is 0 Å². The molecular weight excluding hydrogens is 202 g/mol. The van der Waals surface area contributed by atoms with Crippen molar-refractivity contribution >= 4 is 5.91 Å².